The van der Waals surface area contributed by atoms with Crippen molar-refractivity contribution in [3.8, 4) is 0 Å². The molecule has 0 N–H and O–H groups in total. The van der Waals surface area contributed by atoms with Gasteiger partial charge in [-0.15, -0.1) is 0 Å². The molecular weight excluding hydrogens is 885 g/mol. The second-order valence-corrected chi connectivity index (χ2v) is 19.7. The van der Waals surface area contributed by atoms with Crippen molar-refractivity contribution in [1.29, 1.82) is 0 Å². The number of rotatable bonds is 6. The van der Waals surface area contributed by atoms with Gasteiger partial charge in [0.05, 0.1) is 17.1 Å². The summed E-state index contributed by atoms with van der Waals surface area (Å²) in [6.45, 7) is 8.68. The quantitative estimate of drug-likeness (QED) is 0.155. The summed E-state index contributed by atoms with van der Waals surface area (Å²) < 4.78 is 27.2. The van der Waals surface area contributed by atoms with Gasteiger partial charge in [0.15, 0.2) is 11.2 Å². The molecule has 2 aliphatic rings. The molecule has 9 aromatic carbocycles. The number of furan rings is 4. The van der Waals surface area contributed by atoms with E-state index in [9.17, 15) is 0 Å². The van der Waals surface area contributed by atoms with E-state index in [4.69, 9.17) is 17.7 Å². The Bertz CT molecular complexity index is 4710. The summed E-state index contributed by atoms with van der Waals surface area (Å²) in [6.07, 6.45) is 11.9. The molecule has 0 saturated carbocycles. The highest BCUT2D eigenvalue weighted by Crippen LogP contribution is 2.48. The maximum atomic E-state index is 6.98. The average molecular weight is 931 g/mol. The standard InChI is InChI=1S/C66H46N2O4/c1-37-15-5-9-21-53(37)67(55-23-13-19-49-47-17-7-11-25-57(47)69-65(49)55)45-29-27-41-33-51-59(35-43(41)31-45)71-63-39(3)40(4)64-62(61(51)63)52-34-42-28-30-46(32-44(42)36-60(52)72-64)68(54-22-10-6-16-38(54)2)56-24-14-20-50-48-18-8-12-26-58(48)70-66(50)56/h7-9,11-20,22-36H,5-6,10H2,1-4H3. The normalized spacial score (nSPS) is 14.3. The van der Waals surface area contributed by atoms with Gasteiger partial charge in [-0.1, -0.05) is 96.8 Å². The van der Waals surface area contributed by atoms with Crippen molar-refractivity contribution in [2.24, 2.45) is 0 Å². The van der Waals surface area contributed by atoms with Crippen molar-refractivity contribution in [1.82, 2.24) is 0 Å². The predicted octanol–water partition coefficient (Wildman–Crippen LogP) is 19.5. The van der Waals surface area contributed by atoms with Gasteiger partial charge in [-0.2, -0.15) is 0 Å². The lowest BCUT2D eigenvalue weighted by Crippen LogP contribution is -2.18. The number of para-hydroxylation sites is 4. The van der Waals surface area contributed by atoms with E-state index in [0.717, 1.165) is 174 Å². The predicted molar refractivity (Wildman–Crippen MR) is 298 cm³/mol. The highest BCUT2D eigenvalue weighted by atomic mass is 16.3. The highest BCUT2D eigenvalue weighted by molar-refractivity contribution is 6.29. The van der Waals surface area contributed by atoms with E-state index in [0.29, 0.717) is 0 Å². The van der Waals surface area contributed by atoms with Crippen LogP contribution in [-0.2, 0) is 0 Å². The maximum absolute atomic E-state index is 6.98. The Morgan fingerprint density at radius 2 is 0.917 bits per heavy atom. The van der Waals surface area contributed by atoms with Crippen molar-refractivity contribution in [2.75, 3.05) is 9.80 Å². The molecule has 0 spiro atoms. The molecule has 15 rings (SSSR count). The number of anilines is 4. The summed E-state index contributed by atoms with van der Waals surface area (Å²) in [5.41, 5.74) is 21.4. The van der Waals surface area contributed by atoms with Crippen LogP contribution >= 0.6 is 0 Å². The summed E-state index contributed by atoms with van der Waals surface area (Å²) in [6, 6.07) is 52.0. The summed E-state index contributed by atoms with van der Waals surface area (Å²) >= 11 is 0. The van der Waals surface area contributed by atoms with Gasteiger partial charge in [-0.25, -0.2) is 0 Å². The second-order valence-electron chi connectivity index (χ2n) is 19.7. The minimum Gasteiger partial charge on any atom is -0.456 e. The van der Waals surface area contributed by atoms with Crippen molar-refractivity contribution in [3.63, 3.8) is 0 Å². The zero-order valence-corrected chi connectivity index (χ0v) is 40.3. The van der Waals surface area contributed by atoms with Crippen molar-refractivity contribution in [3.05, 3.63) is 209 Å². The number of hydrogen-bond acceptors (Lipinski definition) is 6. The van der Waals surface area contributed by atoms with E-state index in [1.165, 1.54) is 11.3 Å². The van der Waals surface area contributed by atoms with E-state index in [1.807, 2.05) is 18.2 Å². The van der Waals surface area contributed by atoms with Gasteiger partial charge in [0.1, 0.15) is 33.5 Å². The average Bonchev–Trinajstić information content (AvgIpc) is 4.18. The molecule has 0 saturated heterocycles. The van der Waals surface area contributed by atoms with Crippen molar-refractivity contribution < 1.29 is 17.7 Å². The van der Waals surface area contributed by atoms with Crippen LogP contribution in [0.5, 0.6) is 0 Å². The second kappa shape index (κ2) is 15.3. The van der Waals surface area contributed by atoms with E-state index < -0.39 is 0 Å². The molecule has 0 bridgehead atoms. The summed E-state index contributed by atoms with van der Waals surface area (Å²) in [7, 11) is 0. The van der Waals surface area contributed by atoms with E-state index in [2.05, 4.69) is 195 Å². The van der Waals surface area contributed by atoms with Crippen molar-refractivity contribution >= 4 is 132 Å². The first-order valence-electron chi connectivity index (χ1n) is 24.9. The maximum Gasteiger partial charge on any atom is 0.159 e. The monoisotopic (exact) mass is 930 g/mol. The van der Waals surface area contributed by atoms with Gasteiger partial charge in [0.2, 0.25) is 0 Å². The molecule has 4 heterocycles. The molecule has 6 heteroatoms. The van der Waals surface area contributed by atoms with Crippen LogP contribution in [0.4, 0.5) is 22.7 Å². The first-order chi connectivity index (χ1) is 35.3. The molecule has 72 heavy (non-hydrogen) atoms. The Morgan fingerprint density at radius 1 is 0.403 bits per heavy atom. The molecule has 0 amide bonds. The Hall–Kier alpha value is -8.96. The fourth-order valence-corrected chi connectivity index (χ4v) is 11.8. The first kappa shape index (κ1) is 40.9. The molecule has 0 fully saturated rings. The lowest BCUT2D eigenvalue weighted by Gasteiger charge is -2.30. The fraction of sp³-hybridized carbons (Fsp3) is 0.106. The van der Waals surface area contributed by atoms with Crippen LogP contribution in [0.15, 0.2) is 216 Å². The van der Waals surface area contributed by atoms with Gasteiger partial charge in [0.25, 0.3) is 0 Å². The van der Waals surface area contributed by atoms with Crippen LogP contribution < -0.4 is 9.80 Å². The minimum absolute atomic E-state index is 0.837. The summed E-state index contributed by atoms with van der Waals surface area (Å²) in [4.78, 5) is 4.67. The van der Waals surface area contributed by atoms with Gasteiger partial charge in [0, 0.05) is 60.2 Å². The summed E-state index contributed by atoms with van der Waals surface area (Å²) in [5.74, 6) is 0. The number of nitrogens with zero attached hydrogens (tertiary/aromatic N) is 2. The van der Waals surface area contributed by atoms with Gasteiger partial charge < -0.3 is 22.6 Å². The van der Waals surface area contributed by atoms with Crippen LogP contribution in [0.2, 0.25) is 0 Å². The van der Waals surface area contributed by atoms with Crippen LogP contribution in [0.3, 0.4) is 0 Å². The molecule has 0 radical (unpaired) electrons. The van der Waals surface area contributed by atoms with Crippen LogP contribution in [0.1, 0.15) is 44.2 Å². The number of fused-ring (bicyclic) bond motifs is 15. The van der Waals surface area contributed by atoms with Gasteiger partial charge in [-0.3, -0.25) is 4.90 Å². The third-order valence-electron chi connectivity index (χ3n) is 15.5. The van der Waals surface area contributed by atoms with Gasteiger partial charge >= 0.3 is 0 Å². The Kier molecular flexibility index (Phi) is 8.67. The molecular formula is C66H46N2O4. The third kappa shape index (κ3) is 5.90. The number of aryl methyl sites for hydroxylation is 2. The van der Waals surface area contributed by atoms with E-state index in [1.54, 1.807) is 0 Å². The zero-order chi connectivity index (χ0) is 47.9. The van der Waals surface area contributed by atoms with E-state index in [-0.39, 0.29) is 0 Å². The molecule has 0 atom stereocenters. The largest absolute Gasteiger partial charge is 0.456 e. The van der Waals surface area contributed by atoms with Gasteiger partial charge in [-0.05, 0) is 170 Å². The van der Waals surface area contributed by atoms with Crippen LogP contribution in [0.25, 0.3) is 109 Å². The van der Waals surface area contributed by atoms with Crippen LogP contribution in [-0.4, -0.2) is 0 Å². The Balaban J connectivity index is 0.891. The molecule has 0 aliphatic heterocycles. The van der Waals surface area contributed by atoms with Crippen molar-refractivity contribution in [2.45, 2.75) is 47.0 Å². The molecule has 0 unspecified atom stereocenters. The topological polar surface area (TPSA) is 59.0 Å². The Labute approximate surface area is 413 Å². The SMILES string of the molecule is CC1=CCC=C=C1N(c1ccc2cc3c(cc2c1)oc1c(C)c(C)c2oc4cc5cc(N(C6=CCCC=C6C)c6cccc7c6oc6ccccc67)ccc5cc4c2c13)c1cccc2c1oc1ccccc12. The lowest BCUT2D eigenvalue weighted by molar-refractivity contribution is 0.657. The third-order valence-corrected chi connectivity index (χ3v) is 15.5. The lowest BCUT2D eigenvalue weighted by atomic mass is 9.96. The minimum atomic E-state index is 0.837. The molecule has 4 aromatic heterocycles. The highest BCUT2D eigenvalue weighted by Gasteiger charge is 2.27. The molecule has 6 nitrogen and oxygen atoms in total. The zero-order valence-electron chi connectivity index (χ0n) is 40.3. The number of hydrogen-bond donors (Lipinski definition) is 0. The summed E-state index contributed by atoms with van der Waals surface area (Å²) in [5, 5.41) is 13.1. The molecule has 13 aromatic rings. The number of allylic oxidation sites excluding steroid dienone is 5. The Morgan fingerprint density at radius 3 is 1.49 bits per heavy atom. The number of benzene rings is 9. The fourth-order valence-electron chi connectivity index (χ4n) is 11.8. The smallest absolute Gasteiger partial charge is 0.159 e. The first-order valence-corrected chi connectivity index (χ1v) is 24.9. The van der Waals surface area contributed by atoms with E-state index >= 15 is 0 Å². The molecule has 2 aliphatic carbocycles. The molecule has 344 valence electrons. The van der Waals surface area contributed by atoms with Crippen LogP contribution in [0, 0.1) is 13.8 Å².